The molecule has 0 aliphatic carbocycles. The van der Waals surface area contributed by atoms with Gasteiger partial charge in [-0.05, 0) is 35.6 Å². The van der Waals surface area contributed by atoms with Crippen LogP contribution in [0.15, 0.2) is 47.4 Å². The number of methoxy groups -OCH3 is 2. The van der Waals surface area contributed by atoms with Gasteiger partial charge in [-0.3, -0.25) is 4.79 Å². The van der Waals surface area contributed by atoms with Crippen LogP contribution in [0.4, 0.5) is 0 Å². The zero-order valence-corrected chi connectivity index (χ0v) is 15.4. The molecule has 1 amide bonds. The third-order valence-corrected chi connectivity index (χ3v) is 4.64. The Bertz CT molecular complexity index is 720. The number of aliphatic hydroxyl groups is 1. The Kier molecular flexibility index (Phi) is 7.16. The van der Waals surface area contributed by atoms with Crippen LogP contribution in [0, 0.1) is 0 Å². The SMILES string of the molecule is CCSc1ccccc1C(=O)NC[C@@H](O)c1ccc(OC)c(OC)c1. The quantitative estimate of drug-likeness (QED) is 0.706. The summed E-state index contributed by atoms with van der Waals surface area (Å²) in [7, 11) is 3.10. The number of benzene rings is 2. The topological polar surface area (TPSA) is 67.8 Å². The minimum atomic E-state index is -0.838. The van der Waals surface area contributed by atoms with Crippen molar-refractivity contribution in [3.8, 4) is 11.5 Å². The molecule has 134 valence electrons. The number of aliphatic hydroxyl groups excluding tert-OH is 1. The molecule has 0 unspecified atom stereocenters. The standard InChI is InChI=1S/C19H23NO4S/c1-4-25-18-8-6-5-7-14(18)19(22)20-12-15(21)13-9-10-16(23-2)17(11-13)24-3/h5-11,15,21H,4,12H2,1-3H3,(H,20,22)/t15-/m1/s1. The number of rotatable bonds is 8. The second-order valence-corrected chi connectivity index (χ2v) is 6.58. The van der Waals surface area contributed by atoms with Crippen LogP contribution in [0.5, 0.6) is 11.5 Å². The van der Waals surface area contributed by atoms with Crippen LogP contribution in [-0.4, -0.2) is 37.5 Å². The zero-order valence-electron chi connectivity index (χ0n) is 14.6. The second kappa shape index (κ2) is 9.34. The molecule has 2 aromatic carbocycles. The van der Waals surface area contributed by atoms with Gasteiger partial charge in [-0.25, -0.2) is 0 Å². The van der Waals surface area contributed by atoms with E-state index in [-0.39, 0.29) is 12.5 Å². The van der Waals surface area contributed by atoms with Crippen LogP contribution >= 0.6 is 11.8 Å². The molecule has 0 bridgehead atoms. The number of carbonyl (C=O) groups is 1. The number of thioether (sulfide) groups is 1. The van der Waals surface area contributed by atoms with Gasteiger partial charge in [-0.1, -0.05) is 25.1 Å². The summed E-state index contributed by atoms with van der Waals surface area (Å²) in [6.45, 7) is 2.15. The third-order valence-electron chi connectivity index (χ3n) is 3.68. The van der Waals surface area contributed by atoms with Crippen molar-refractivity contribution in [2.45, 2.75) is 17.9 Å². The van der Waals surface area contributed by atoms with Crippen molar-refractivity contribution in [2.24, 2.45) is 0 Å². The highest BCUT2D eigenvalue weighted by molar-refractivity contribution is 7.99. The Morgan fingerprint density at radius 1 is 1.16 bits per heavy atom. The Labute approximate surface area is 152 Å². The molecule has 2 N–H and O–H groups in total. The van der Waals surface area contributed by atoms with Crippen molar-refractivity contribution in [3.05, 3.63) is 53.6 Å². The van der Waals surface area contributed by atoms with Gasteiger partial charge in [0.15, 0.2) is 11.5 Å². The van der Waals surface area contributed by atoms with Crippen LogP contribution < -0.4 is 14.8 Å². The third kappa shape index (κ3) is 4.90. The van der Waals surface area contributed by atoms with Gasteiger partial charge >= 0.3 is 0 Å². The fourth-order valence-corrected chi connectivity index (χ4v) is 3.20. The maximum Gasteiger partial charge on any atom is 0.252 e. The molecule has 0 radical (unpaired) electrons. The lowest BCUT2D eigenvalue weighted by molar-refractivity contribution is 0.0913. The van der Waals surface area contributed by atoms with Gasteiger partial charge in [0.05, 0.1) is 25.9 Å². The van der Waals surface area contributed by atoms with Crippen molar-refractivity contribution in [3.63, 3.8) is 0 Å². The second-order valence-electron chi connectivity index (χ2n) is 5.27. The van der Waals surface area contributed by atoms with Gasteiger partial charge < -0.3 is 19.9 Å². The minimum Gasteiger partial charge on any atom is -0.493 e. The Morgan fingerprint density at radius 2 is 1.88 bits per heavy atom. The first kappa shape index (κ1) is 19.1. The average molecular weight is 361 g/mol. The van der Waals surface area contributed by atoms with Crippen molar-refractivity contribution >= 4 is 17.7 Å². The minimum absolute atomic E-state index is 0.111. The molecular formula is C19H23NO4S. The molecule has 0 aliphatic heterocycles. The smallest absolute Gasteiger partial charge is 0.252 e. The van der Waals surface area contributed by atoms with Crippen LogP contribution in [0.3, 0.4) is 0 Å². The van der Waals surface area contributed by atoms with E-state index >= 15 is 0 Å². The van der Waals surface area contributed by atoms with Crippen molar-refractivity contribution in [1.29, 1.82) is 0 Å². The molecule has 0 saturated heterocycles. The van der Waals surface area contributed by atoms with E-state index < -0.39 is 6.10 Å². The summed E-state index contributed by atoms with van der Waals surface area (Å²) in [6, 6.07) is 12.6. The summed E-state index contributed by atoms with van der Waals surface area (Å²) in [5.74, 6) is 1.82. The molecule has 5 nitrogen and oxygen atoms in total. The Hall–Kier alpha value is -2.18. The number of amides is 1. The zero-order chi connectivity index (χ0) is 18.2. The molecule has 2 rings (SSSR count). The molecule has 6 heteroatoms. The van der Waals surface area contributed by atoms with Gasteiger partial charge in [0.25, 0.3) is 5.91 Å². The molecule has 0 aliphatic rings. The number of hydrogen-bond acceptors (Lipinski definition) is 5. The van der Waals surface area contributed by atoms with Gasteiger partial charge in [0.1, 0.15) is 0 Å². The van der Waals surface area contributed by atoms with E-state index in [2.05, 4.69) is 5.32 Å². The van der Waals surface area contributed by atoms with E-state index in [1.165, 1.54) is 7.11 Å². The van der Waals surface area contributed by atoms with E-state index in [4.69, 9.17) is 9.47 Å². The van der Waals surface area contributed by atoms with Crippen molar-refractivity contribution in [2.75, 3.05) is 26.5 Å². The number of ether oxygens (including phenoxy) is 2. The van der Waals surface area contributed by atoms with Crippen molar-refractivity contribution < 1.29 is 19.4 Å². The molecular weight excluding hydrogens is 338 g/mol. The number of hydrogen-bond donors (Lipinski definition) is 2. The van der Waals surface area contributed by atoms with Crippen LogP contribution in [0.25, 0.3) is 0 Å². The summed E-state index contributed by atoms with van der Waals surface area (Å²) in [5, 5.41) is 13.1. The van der Waals surface area contributed by atoms with E-state index in [9.17, 15) is 9.90 Å². The monoisotopic (exact) mass is 361 g/mol. The first-order valence-corrected chi connectivity index (χ1v) is 8.99. The first-order valence-electron chi connectivity index (χ1n) is 8.00. The summed E-state index contributed by atoms with van der Waals surface area (Å²) in [5.41, 5.74) is 1.27. The van der Waals surface area contributed by atoms with E-state index in [0.717, 1.165) is 10.6 Å². The molecule has 25 heavy (non-hydrogen) atoms. The summed E-state index contributed by atoms with van der Waals surface area (Å²) < 4.78 is 10.4. The Morgan fingerprint density at radius 3 is 2.56 bits per heavy atom. The predicted octanol–water partition coefficient (Wildman–Crippen LogP) is 3.28. The van der Waals surface area contributed by atoms with Crippen LogP contribution in [-0.2, 0) is 0 Å². The predicted molar refractivity (Wildman–Crippen MR) is 99.7 cm³/mol. The van der Waals surface area contributed by atoms with E-state index in [1.807, 2.05) is 25.1 Å². The van der Waals surface area contributed by atoms with Gasteiger partial charge in [0, 0.05) is 11.4 Å². The highest BCUT2D eigenvalue weighted by Gasteiger charge is 2.15. The summed E-state index contributed by atoms with van der Waals surface area (Å²) >= 11 is 1.62. The lowest BCUT2D eigenvalue weighted by Crippen LogP contribution is -2.28. The van der Waals surface area contributed by atoms with Gasteiger partial charge in [-0.2, -0.15) is 0 Å². The number of nitrogens with one attached hydrogen (secondary N) is 1. The molecule has 2 aromatic rings. The van der Waals surface area contributed by atoms with Crippen LogP contribution in [0.2, 0.25) is 0 Å². The largest absolute Gasteiger partial charge is 0.493 e. The van der Waals surface area contributed by atoms with Crippen molar-refractivity contribution in [1.82, 2.24) is 5.32 Å². The molecule has 0 heterocycles. The fourth-order valence-electron chi connectivity index (χ4n) is 2.40. The van der Waals surface area contributed by atoms with Gasteiger partial charge in [-0.15, -0.1) is 11.8 Å². The normalized spacial score (nSPS) is 11.7. The maximum absolute atomic E-state index is 12.4. The lowest BCUT2D eigenvalue weighted by atomic mass is 10.1. The lowest BCUT2D eigenvalue weighted by Gasteiger charge is -2.15. The maximum atomic E-state index is 12.4. The summed E-state index contributed by atoms with van der Waals surface area (Å²) in [4.78, 5) is 13.4. The summed E-state index contributed by atoms with van der Waals surface area (Å²) in [6.07, 6.45) is -0.838. The molecule has 0 spiro atoms. The molecule has 0 fully saturated rings. The molecule has 0 aromatic heterocycles. The fraction of sp³-hybridized carbons (Fsp3) is 0.316. The van der Waals surface area contributed by atoms with Crippen LogP contribution in [0.1, 0.15) is 28.9 Å². The highest BCUT2D eigenvalue weighted by atomic mass is 32.2. The first-order chi connectivity index (χ1) is 12.1. The molecule has 1 atom stereocenters. The van der Waals surface area contributed by atoms with Gasteiger partial charge in [0.2, 0.25) is 0 Å². The number of carbonyl (C=O) groups excluding carboxylic acids is 1. The van der Waals surface area contributed by atoms with E-state index in [1.54, 1.807) is 43.1 Å². The molecule has 0 saturated carbocycles. The average Bonchev–Trinajstić information content (AvgIpc) is 2.65. The highest BCUT2D eigenvalue weighted by Crippen LogP contribution is 2.30. The van der Waals surface area contributed by atoms with E-state index in [0.29, 0.717) is 22.6 Å². The Balaban J connectivity index is 2.04.